The maximum absolute atomic E-state index is 12.0. The number of benzene rings is 1. The Balaban J connectivity index is 1.78. The van der Waals surface area contributed by atoms with Crippen LogP contribution in [0.4, 0.5) is 0 Å². The average molecular weight is 292 g/mol. The molecule has 0 amide bonds. The zero-order chi connectivity index (χ0) is 14.2. The highest BCUT2D eigenvalue weighted by atomic mass is 32.2. The van der Waals surface area contributed by atoms with Crippen LogP contribution in [0.15, 0.2) is 35.1 Å². The van der Waals surface area contributed by atoms with Crippen LogP contribution < -0.4 is 10.9 Å². The molecule has 2 N–H and O–H groups in total. The Labute approximate surface area is 116 Å². The van der Waals surface area contributed by atoms with E-state index >= 15 is 0 Å². The largest absolute Gasteiger partial charge is 0.322 e. The van der Waals surface area contributed by atoms with E-state index in [0.29, 0.717) is 18.5 Å². The maximum atomic E-state index is 12.0. The zero-order valence-electron chi connectivity index (χ0n) is 10.9. The smallest absolute Gasteiger partial charge is 0.252 e. The number of hydrogen-bond donors (Lipinski definition) is 2. The third-order valence-electron chi connectivity index (χ3n) is 3.64. The second-order valence-corrected chi connectivity index (χ2v) is 7.42. The molecule has 6 heteroatoms. The number of para-hydroxylation sites is 1. The summed E-state index contributed by atoms with van der Waals surface area (Å²) < 4.78 is 22.8. The SMILES string of the molecule is O=c1[nH]c2ccccc2cc1CN[C@H]1CCS(=O)(=O)C1. The highest BCUT2D eigenvalue weighted by Crippen LogP contribution is 2.13. The van der Waals surface area contributed by atoms with E-state index < -0.39 is 9.84 Å². The Kier molecular flexibility index (Phi) is 3.35. The van der Waals surface area contributed by atoms with Gasteiger partial charge in [-0.1, -0.05) is 18.2 Å². The Morgan fingerprint density at radius 3 is 2.85 bits per heavy atom. The lowest BCUT2D eigenvalue weighted by Gasteiger charge is -2.10. The summed E-state index contributed by atoms with van der Waals surface area (Å²) >= 11 is 0. The molecule has 0 radical (unpaired) electrons. The van der Waals surface area contributed by atoms with Gasteiger partial charge in [-0.2, -0.15) is 0 Å². The normalized spacial score (nSPS) is 21.3. The Morgan fingerprint density at radius 1 is 1.30 bits per heavy atom. The molecule has 1 fully saturated rings. The van der Waals surface area contributed by atoms with Crippen LogP contribution in [0, 0.1) is 0 Å². The van der Waals surface area contributed by atoms with Gasteiger partial charge in [0, 0.05) is 23.7 Å². The van der Waals surface area contributed by atoms with E-state index in [-0.39, 0.29) is 23.1 Å². The lowest BCUT2D eigenvalue weighted by molar-refractivity contribution is 0.552. The van der Waals surface area contributed by atoms with Crippen molar-refractivity contribution in [3.8, 4) is 0 Å². The monoisotopic (exact) mass is 292 g/mol. The Morgan fingerprint density at radius 2 is 2.10 bits per heavy atom. The summed E-state index contributed by atoms with van der Waals surface area (Å²) in [5.74, 6) is 0.400. The fourth-order valence-corrected chi connectivity index (χ4v) is 4.24. The molecule has 0 aliphatic carbocycles. The first-order chi connectivity index (χ1) is 9.53. The molecular weight excluding hydrogens is 276 g/mol. The van der Waals surface area contributed by atoms with Gasteiger partial charge in [0.25, 0.3) is 5.56 Å². The average Bonchev–Trinajstić information content (AvgIpc) is 2.76. The maximum Gasteiger partial charge on any atom is 0.252 e. The van der Waals surface area contributed by atoms with Gasteiger partial charge >= 0.3 is 0 Å². The summed E-state index contributed by atoms with van der Waals surface area (Å²) in [5, 5.41) is 4.13. The molecule has 106 valence electrons. The highest BCUT2D eigenvalue weighted by molar-refractivity contribution is 7.91. The van der Waals surface area contributed by atoms with E-state index in [1.54, 1.807) is 0 Å². The summed E-state index contributed by atoms with van der Waals surface area (Å²) in [6, 6.07) is 9.39. The van der Waals surface area contributed by atoms with Gasteiger partial charge in [0.1, 0.15) is 0 Å². The van der Waals surface area contributed by atoms with Crippen molar-refractivity contribution in [2.24, 2.45) is 0 Å². The third-order valence-corrected chi connectivity index (χ3v) is 5.41. The van der Waals surface area contributed by atoms with Crippen LogP contribution >= 0.6 is 0 Å². The number of sulfone groups is 1. The molecule has 2 heterocycles. The van der Waals surface area contributed by atoms with E-state index in [2.05, 4.69) is 10.3 Å². The fraction of sp³-hybridized carbons (Fsp3) is 0.357. The molecule has 1 aromatic heterocycles. The van der Waals surface area contributed by atoms with Gasteiger partial charge in [0.05, 0.1) is 11.5 Å². The fourth-order valence-electron chi connectivity index (χ4n) is 2.53. The van der Waals surface area contributed by atoms with Crippen LogP contribution in [-0.4, -0.2) is 30.9 Å². The van der Waals surface area contributed by atoms with Crippen molar-refractivity contribution in [1.82, 2.24) is 10.3 Å². The van der Waals surface area contributed by atoms with E-state index in [9.17, 15) is 13.2 Å². The predicted octanol–water partition coefficient (Wildman–Crippen LogP) is 0.805. The van der Waals surface area contributed by atoms with Crippen LogP contribution in [0.2, 0.25) is 0 Å². The van der Waals surface area contributed by atoms with E-state index in [1.807, 2.05) is 30.3 Å². The zero-order valence-corrected chi connectivity index (χ0v) is 11.7. The molecular formula is C14H16N2O3S. The molecule has 1 aromatic carbocycles. The minimum atomic E-state index is -2.89. The molecule has 3 rings (SSSR count). The minimum Gasteiger partial charge on any atom is -0.322 e. The molecule has 20 heavy (non-hydrogen) atoms. The van der Waals surface area contributed by atoms with Crippen molar-refractivity contribution < 1.29 is 8.42 Å². The van der Waals surface area contributed by atoms with Crippen molar-refractivity contribution >= 4 is 20.7 Å². The number of fused-ring (bicyclic) bond motifs is 1. The van der Waals surface area contributed by atoms with Crippen LogP contribution in [0.5, 0.6) is 0 Å². The van der Waals surface area contributed by atoms with Gasteiger partial charge in [-0.3, -0.25) is 4.79 Å². The molecule has 1 aliphatic rings. The first kappa shape index (κ1) is 13.3. The predicted molar refractivity (Wildman–Crippen MR) is 78.5 cm³/mol. The molecule has 0 unspecified atom stereocenters. The van der Waals surface area contributed by atoms with Crippen molar-refractivity contribution in [2.45, 2.75) is 19.0 Å². The standard InChI is InChI=1S/C14H16N2O3S/c17-14-11(7-10-3-1-2-4-13(10)16-14)8-15-12-5-6-20(18,19)9-12/h1-4,7,12,15H,5-6,8-9H2,(H,16,17)/t12-/m0/s1. The Bertz CT molecular complexity index is 795. The first-order valence-electron chi connectivity index (χ1n) is 6.58. The van der Waals surface area contributed by atoms with Crippen molar-refractivity contribution in [2.75, 3.05) is 11.5 Å². The third kappa shape index (κ3) is 2.76. The number of H-pyrrole nitrogens is 1. The summed E-state index contributed by atoms with van der Waals surface area (Å²) in [5.41, 5.74) is 1.31. The quantitative estimate of drug-likeness (QED) is 0.877. The minimum absolute atomic E-state index is 0.0501. The topological polar surface area (TPSA) is 79.0 Å². The van der Waals surface area contributed by atoms with Gasteiger partial charge in [-0.05, 0) is 23.9 Å². The number of aromatic amines is 1. The summed E-state index contributed by atoms with van der Waals surface area (Å²) in [4.78, 5) is 14.8. The highest BCUT2D eigenvalue weighted by Gasteiger charge is 2.27. The van der Waals surface area contributed by atoms with Crippen LogP contribution in [0.3, 0.4) is 0 Å². The second kappa shape index (κ2) is 5.03. The van der Waals surface area contributed by atoms with Crippen LogP contribution in [0.25, 0.3) is 10.9 Å². The lowest BCUT2D eigenvalue weighted by Crippen LogP contribution is -2.31. The molecule has 2 aromatic rings. The van der Waals surface area contributed by atoms with Gasteiger partial charge in [-0.15, -0.1) is 0 Å². The number of rotatable bonds is 3. The van der Waals surface area contributed by atoms with Crippen LogP contribution in [-0.2, 0) is 16.4 Å². The van der Waals surface area contributed by atoms with Crippen molar-refractivity contribution in [1.29, 1.82) is 0 Å². The molecule has 1 atom stereocenters. The van der Waals surface area contributed by atoms with Gasteiger partial charge in [0.2, 0.25) is 0 Å². The molecule has 1 aliphatic heterocycles. The van der Waals surface area contributed by atoms with Crippen molar-refractivity contribution in [3.05, 3.63) is 46.2 Å². The summed E-state index contributed by atoms with van der Waals surface area (Å²) in [7, 11) is -2.89. The number of nitrogens with one attached hydrogen (secondary N) is 2. The first-order valence-corrected chi connectivity index (χ1v) is 8.40. The van der Waals surface area contributed by atoms with Gasteiger partial charge in [-0.25, -0.2) is 8.42 Å². The van der Waals surface area contributed by atoms with Crippen molar-refractivity contribution in [3.63, 3.8) is 0 Å². The lowest BCUT2D eigenvalue weighted by atomic mass is 10.1. The Hall–Kier alpha value is -1.66. The summed E-state index contributed by atoms with van der Waals surface area (Å²) in [6.45, 7) is 0.389. The van der Waals surface area contributed by atoms with E-state index in [0.717, 1.165) is 10.9 Å². The van der Waals surface area contributed by atoms with E-state index in [1.165, 1.54) is 0 Å². The summed E-state index contributed by atoms with van der Waals surface area (Å²) in [6.07, 6.45) is 0.619. The van der Waals surface area contributed by atoms with Crippen LogP contribution in [0.1, 0.15) is 12.0 Å². The number of hydrogen-bond acceptors (Lipinski definition) is 4. The van der Waals surface area contributed by atoms with E-state index in [4.69, 9.17) is 0 Å². The second-order valence-electron chi connectivity index (χ2n) is 5.19. The number of pyridine rings is 1. The molecule has 1 saturated heterocycles. The molecule has 0 bridgehead atoms. The number of aromatic nitrogens is 1. The van der Waals surface area contributed by atoms with Gasteiger partial charge in [0.15, 0.2) is 9.84 Å². The molecule has 0 spiro atoms. The molecule has 0 saturated carbocycles. The van der Waals surface area contributed by atoms with Gasteiger partial charge < -0.3 is 10.3 Å². The molecule has 5 nitrogen and oxygen atoms in total.